The number of para-hydroxylation sites is 2. The maximum Gasteiger partial charge on any atom is 0.0541 e. The number of hydrogen-bond donors (Lipinski definition) is 0. The topological polar surface area (TPSA) is 9.86 Å². The van der Waals surface area contributed by atoms with Crippen molar-refractivity contribution in [2.24, 2.45) is 0 Å². The van der Waals surface area contributed by atoms with Gasteiger partial charge in [-0.15, -0.1) is 0 Å². The molecule has 53 heavy (non-hydrogen) atoms. The van der Waals surface area contributed by atoms with Crippen molar-refractivity contribution in [3.05, 3.63) is 185 Å². The van der Waals surface area contributed by atoms with Crippen molar-refractivity contribution in [1.82, 2.24) is 9.13 Å². The summed E-state index contributed by atoms with van der Waals surface area (Å²) in [6.45, 7) is 4.81. The van der Waals surface area contributed by atoms with Crippen LogP contribution < -0.4 is 0 Å². The average molecular weight is 677 g/mol. The summed E-state index contributed by atoms with van der Waals surface area (Å²) in [5.74, 6) is 0. The predicted molar refractivity (Wildman–Crippen MR) is 223 cm³/mol. The second-order valence-electron chi connectivity index (χ2n) is 15.6. The molecule has 12 rings (SSSR count). The lowest BCUT2D eigenvalue weighted by molar-refractivity contribution is 0.705. The number of allylic oxidation sites excluding steroid dienone is 2. The monoisotopic (exact) mass is 676 g/mol. The zero-order valence-corrected chi connectivity index (χ0v) is 29.8. The number of benzene rings is 7. The van der Waals surface area contributed by atoms with Crippen molar-refractivity contribution in [3.63, 3.8) is 0 Å². The van der Waals surface area contributed by atoms with Gasteiger partial charge in [0.25, 0.3) is 0 Å². The fraction of sp³-hybridized carbons (Fsp3) is 0.0980. The van der Waals surface area contributed by atoms with Crippen LogP contribution in [-0.2, 0) is 11.8 Å². The second kappa shape index (κ2) is 10.4. The molecule has 3 aliphatic carbocycles. The number of aromatic nitrogens is 2. The highest BCUT2D eigenvalue weighted by molar-refractivity contribution is 6.22. The van der Waals surface area contributed by atoms with E-state index in [9.17, 15) is 0 Å². The quantitative estimate of drug-likeness (QED) is 0.176. The highest BCUT2D eigenvalue weighted by Gasteiger charge is 2.43. The first-order chi connectivity index (χ1) is 26.1. The van der Waals surface area contributed by atoms with Crippen LogP contribution in [0.1, 0.15) is 53.8 Å². The second-order valence-corrected chi connectivity index (χ2v) is 15.6. The molecule has 9 aromatic rings. The van der Waals surface area contributed by atoms with Gasteiger partial charge in [-0.25, -0.2) is 0 Å². The van der Waals surface area contributed by atoms with E-state index in [1.165, 1.54) is 111 Å². The van der Waals surface area contributed by atoms with Gasteiger partial charge in [0, 0.05) is 38.6 Å². The molecule has 0 radical (unpaired) electrons. The molecule has 2 heteroatoms. The summed E-state index contributed by atoms with van der Waals surface area (Å²) >= 11 is 0. The summed E-state index contributed by atoms with van der Waals surface area (Å²) < 4.78 is 4.86. The van der Waals surface area contributed by atoms with Crippen LogP contribution in [0, 0.1) is 0 Å². The first-order valence-electron chi connectivity index (χ1n) is 18.9. The van der Waals surface area contributed by atoms with Crippen molar-refractivity contribution in [2.75, 3.05) is 0 Å². The molecule has 2 aromatic heterocycles. The van der Waals surface area contributed by atoms with Gasteiger partial charge in [0.2, 0.25) is 0 Å². The Hall–Kier alpha value is -6.38. The van der Waals surface area contributed by atoms with Crippen molar-refractivity contribution in [2.45, 2.75) is 32.1 Å². The molecule has 0 atom stereocenters. The van der Waals surface area contributed by atoms with E-state index in [1.807, 2.05) is 0 Å². The largest absolute Gasteiger partial charge is 0.310 e. The lowest BCUT2D eigenvalue weighted by atomic mass is 9.78. The Balaban J connectivity index is 0.983. The van der Waals surface area contributed by atoms with Crippen LogP contribution in [0.5, 0.6) is 0 Å². The highest BCUT2D eigenvalue weighted by atomic mass is 15.0. The Morgan fingerprint density at radius 2 is 1.17 bits per heavy atom. The molecular weight excluding hydrogens is 641 g/mol. The molecule has 0 bridgehead atoms. The summed E-state index contributed by atoms with van der Waals surface area (Å²) in [5.41, 5.74) is 19.9. The van der Waals surface area contributed by atoms with Gasteiger partial charge in [0.1, 0.15) is 0 Å². The fourth-order valence-corrected chi connectivity index (χ4v) is 10.2. The summed E-state index contributed by atoms with van der Waals surface area (Å²) in [5, 5.41) is 6.67. The van der Waals surface area contributed by atoms with Gasteiger partial charge in [-0.3, -0.25) is 0 Å². The Morgan fingerprint density at radius 3 is 1.92 bits per heavy atom. The highest BCUT2D eigenvalue weighted by Crippen LogP contribution is 2.59. The van der Waals surface area contributed by atoms with E-state index in [2.05, 4.69) is 181 Å². The average Bonchev–Trinajstić information content (AvgIpc) is 3.90. The molecule has 0 N–H and O–H groups in total. The Morgan fingerprint density at radius 1 is 0.528 bits per heavy atom. The summed E-state index contributed by atoms with van der Waals surface area (Å²) in [7, 11) is 0. The van der Waals surface area contributed by atoms with Gasteiger partial charge in [-0.2, -0.15) is 0 Å². The van der Waals surface area contributed by atoms with E-state index in [0.29, 0.717) is 0 Å². The smallest absolute Gasteiger partial charge is 0.0541 e. The molecule has 0 saturated heterocycles. The van der Waals surface area contributed by atoms with Gasteiger partial charge >= 0.3 is 0 Å². The van der Waals surface area contributed by atoms with E-state index in [1.54, 1.807) is 0 Å². The van der Waals surface area contributed by atoms with Crippen LogP contribution in [0.2, 0.25) is 0 Å². The minimum absolute atomic E-state index is 0.0554. The molecule has 7 aromatic carbocycles. The van der Waals surface area contributed by atoms with Gasteiger partial charge in [-0.1, -0.05) is 111 Å². The Labute approximate surface area is 308 Å². The first kappa shape index (κ1) is 29.2. The fourth-order valence-electron chi connectivity index (χ4n) is 10.2. The molecule has 250 valence electrons. The molecule has 2 heterocycles. The number of rotatable bonds is 3. The van der Waals surface area contributed by atoms with Crippen molar-refractivity contribution < 1.29 is 0 Å². The molecule has 0 saturated carbocycles. The third-order valence-electron chi connectivity index (χ3n) is 12.5. The van der Waals surface area contributed by atoms with Crippen LogP contribution in [0.25, 0.3) is 83.2 Å². The molecule has 0 unspecified atom stereocenters. The van der Waals surface area contributed by atoms with Gasteiger partial charge in [-0.05, 0) is 134 Å². The molecular formula is C51H36N2. The van der Waals surface area contributed by atoms with Crippen molar-refractivity contribution in [1.29, 1.82) is 0 Å². The molecule has 2 nitrogen and oxygen atoms in total. The van der Waals surface area contributed by atoms with Crippen molar-refractivity contribution in [3.8, 4) is 22.5 Å². The minimum atomic E-state index is -0.0554. The van der Waals surface area contributed by atoms with Gasteiger partial charge < -0.3 is 9.13 Å². The van der Waals surface area contributed by atoms with Crippen LogP contribution in [0.3, 0.4) is 0 Å². The molecule has 0 amide bonds. The van der Waals surface area contributed by atoms with E-state index in [0.717, 1.165) is 12.8 Å². The molecule has 0 fully saturated rings. The summed E-state index contributed by atoms with van der Waals surface area (Å²) in [4.78, 5) is 0. The van der Waals surface area contributed by atoms with Crippen molar-refractivity contribution >= 4 is 60.7 Å². The third-order valence-corrected chi connectivity index (χ3v) is 12.5. The Bertz CT molecular complexity index is 3060. The van der Waals surface area contributed by atoms with E-state index < -0.39 is 0 Å². The molecule has 0 aliphatic heterocycles. The number of aryl methyl sites for hydroxylation is 1. The zero-order chi connectivity index (χ0) is 35.0. The summed E-state index contributed by atoms with van der Waals surface area (Å²) in [6, 6.07) is 54.6. The number of hydrogen-bond acceptors (Lipinski definition) is 0. The van der Waals surface area contributed by atoms with E-state index >= 15 is 0 Å². The third kappa shape index (κ3) is 3.83. The maximum absolute atomic E-state index is 2.47. The SMILES string of the molecule is CC1(C)C2=C(c3cc(-c4ccc5c(c4)c4c(n5-c5ccc(-n6c7ccccc7c7ccccc76)cc5)C=CCC4)ccc31)c1cccc3cccc2c13. The van der Waals surface area contributed by atoms with Crippen LogP contribution in [0.15, 0.2) is 152 Å². The first-order valence-corrected chi connectivity index (χ1v) is 18.9. The lowest BCUT2D eigenvalue weighted by Gasteiger charge is -2.25. The van der Waals surface area contributed by atoms with Crippen LogP contribution in [-0.4, -0.2) is 9.13 Å². The van der Waals surface area contributed by atoms with Crippen LogP contribution in [0.4, 0.5) is 0 Å². The zero-order valence-electron chi connectivity index (χ0n) is 29.8. The predicted octanol–water partition coefficient (Wildman–Crippen LogP) is 13.1. The molecule has 3 aliphatic rings. The van der Waals surface area contributed by atoms with Crippen LogP contribution >= 0.6 is 0 Å². The normalized spacial score (nSPS) is 15.2. The minimum Gasteiger partial charge on any atom is -0.310 e. The summed E-state index contributed by atoms with van der Waals surface area (Å²) in [6.07, 6.45) is 6.79. The standard InChI is InChI=1S/C51H36N2/c1-51(2)43-27-21-32(30-42(43)49-39-16-9-11-31-12-10-17-40(48(31)39)50(49)51)33-22-28-47-41(29-33)38-15-5-8-20-46(38)53(47)35-25-23-34(24-26-35)52-44-18-6-3-13-36(44)37-14-4-7-19-45(37)52/h3-4,6-14,16-30H,5,15H2,1-2H3. The number of fused-ring (bicyclic) bond motifs is 10. The lowest BCUT2D eigenvalue weighted by Crippen LogP contribution is -2.16. The number of nitrogens with zero attached hydrogens (tertiary/aromatic N) is 2. The van der Waals surface area contributed by atoms with Gasteiger partial charge in [0.05, 0.1) is 16.6 Å². The van der Waals surface area contributed by atoms with Gasteiger partial charge in [0.15, 0.2) is 0 Å². The Kier molecular flexibility index (Phi) is 5.71. The molecule has 0 spiro atoms. The van der Waals surface area contributed by atoms with E-state index in [4.69, 9.17) is 0 Å². The van der Waals surface area contributed by atoms with E-state index in [-0.39, 0.29) is 5.41 Å². The maximum atomic E-state index is 2.47.